The second kappa shape index (κ2) is 6.79. The molecule has 0 spiro atoms. The number of aliphatic hydroxyl groups is 1. The number of nitro groups is 1. The van der Waals surface area contributed by atoms with Gasteiger partial charge >= 0.3 is 6.03 Å². The average Bonchev–Trinajstić information content (AvgIpc) is 2.80. The first-order chi connectivity index (χ1) is 11.6. The predicted octanol–water partition coefficient (Wildman–Crippen LogP) is 2.23. The van der Waals surface area contributed by atoms with Gasteiger partial charge in [0.25, 0.3) is 11.6 Å². The van der Waals surface area contributed by atoms with E-state index in [1.807, 2.05) is 27.7 Å². The number of carbonyl (C=O) groups is 2. The number of β-amino-alcohol motifs (C(OH)–C–C–N with tert-alkyl or cyclic N) is 1. The number of non-ortho nitro benzene ring substituents is 1. The maximum atomic E-state index is 12.9. The van der Waals surface area contributed by atoms with E-state index in [0.29, 0.717) is 0 Å². The zero-order valence-corrected chi connectivity index (χ0v) is 14.7. The van der Waals surface area contributed by atoms with Gasteiger partial charge in [-0.05, 0) is 17.4 Å². The molecule has 0 aliphatic carbocycles. The van der Waals surface area contributed by atoms with Crippen molar-refractivity contribution in [3.63, 3.8) is 0 Å². The molecule has 1 fully saturated rings. The molecule has 0 saturated carbocycles. The third kappa shape index (κ3) is 3.21. The van der Waals surface area contributed by atoms with Crippen molar-refractivity contribution in [2.75, 3.05) is 6.54 Å². The van der Waals surface area contributed by atoms with Crippen LogP contribution in [0, 0.1) is 22.0 Å². The Kier molecular flexibility index (Phi) is 5.12. The van der Waals surface area contributed by atoms with E-state index in [4.69, 9.17) is 0 Å². The van der Waals surface area contributed by atoms with E-state index in [1.54, 1.807) is 0 Å². The van der Waals surface area contributed by atoms with Gasteiger partial charge in [0.2, 0.25) is 0 Å². The number of nitrogens with one attached hydrogen (secondary N) is 1. The molecule has 1 aliphatic heterocycles. The van der Waals surface area contributed by atoms with Crippen molar-refractivity contribution >= 4 is 17.6 Å². The number of hydrogen-bond donors (Lipinski definition) is 2. The smallest absolute Gasteiger partial charge is 0.325 e. The van der Waals surface area contributed by atoms with Gasteiger partial charge in [-0.1, -0.05) is 39.8 Å². The standard InChI is InChI=1S/C17H23N3O5/c1-10(2)17(11(3)4)15(22)19(16(23)18-17)9-14(21)12-6-5-7-13(8-12)20(24)25/h5-8,10-11,14,21H,9H2,1-4H3,(H,18,23)/t14-/m0/s1. The van der Waals surface area contributed by atoms with Crippen LogP contribution >= 0.6 is 0 Å². The summed E-state index contributed by atoms with van der Waals surface area (Å²) >= 11 is 0. The SMILES string of the molecule is CC(C)C1(C(C)C)NC(=O)N(C[C@H](O)c2cccc([N+](=O)[O-])c2)C1=O. The number of aliphatic hydroxyl groups excluding tert-OH is 1. The van der Waals surface area contributed by atoms with E-state index in [-0.39, 0.29) is 35.5 Å². The molecule has 1 atom stereocenters. The number of nitrogens with zero attached hydrogens (tertiary/aromatic N) is 2. The molecule has 1 heterocycles. The minimum absolute atomic E-state index is 0.121. The number of urea groups is 1. The van der Waals surface area contributed by atoms with E-state index < -0.39 is 22.6 Å². The third-order valence-corrected chi connectivity index (χ3v) is 4.80. The number of nitro benzene ring substituents is 1. The number of amides is 3. The Morgan fingerprint density at radius 1 is 1.24 bits per heavy atom. The average molecular weight is 349 g/mol. The first-order valence-corrected chi connectivity index (χ1v) is 8.17. The fourth-order valence-electron chi connectivity index (χ4n) is 3.35. The molecule has 0 bridgehead atoms. The van der Waals surface area contributed by atoms with Crippen molar-refractivity contribution < 1.29 is 19.6 Å². The van der Waals surface area contributed by atoms with E-state index in [1.165, 1.54) is 24.3 Å². The van der Waals surface area contributed by atoms with Crippen LogP contribution in [0.5, 0.6) is 0 Å². The van der Waals surface area contributed by atoms with Gasteiger partial charge in [0.05, 0.1) is 17.6 Å². The Labute approximate surface area is 146 Å². The summed E-state index contributed by atoms with van der Waals surface area (Å²) in [5.41, 5.74) is -0.895. The molecule has 0 aromatic heterocycles. The monoisotopic (exact) mass is 349 g/mol. The Bertz CT molecular complexity index is 693. The van der Waals surface area contributed by atoms with Gasteiger partial charge in [-0.25, -0.2) is 4.79 Å². The van der Waals surface area contributed by atoms with E-state index in [9.17, 15) is 24.8 Å². The quantitative estimate of drug-likeness (QED) is 0.464. The number of hydrogen-bond acceptors (Lipinski definition) is 5. The van der Waals surface area contributed by atoms with Gasteiger partial charge in [0.15, 0.2) is 0 Å². The Hall–Kier alpha value is -2.48. The van der Waals surface area contributed by atoms with Crippen LogP contribution in [-0.4, -0.2) is 39.0 Å². The zero-order chi connectivity index (χ0) is 18.9. The van der Waals surface area contributed by atoms with Gasteiger partial charge in [0.1, 0.15) is 5.54 Å². The van der Waals surface area contributed by atoms with Crippen LogP contribution < -0.4 is 5.32 Å². The van der Waals surface area contributed by atoms with Crippen molar-refractivity contribution in [2.24, 2.45) is 11.8 Å². The Balaban J connectivity index is 2.25. The van der Waals surface area contributed by atoms with Crippen molar-refractivity contribution in [1.29, 1.82) is 0 Å². The van der Waals surface area contributed by atoms with Gasteiger partial charge in [0, 0.05) is 12.1 Å². The number of benzene rings is 1. The fourth-order valence-corrected chi connectivity index (χ4v) is 3.35. The molecule has 3 amide bonds. The normalized spacial score (nSPS) is 18.0. The van der Waals surface area contributed by atoms with Crippen molar-refractivity contribution in [2.45, 2.75) is 39.3 Å². The lowest BCUT2D eigenvalue weighted by Crippen LogP contribution is -2.55. The molecule has 2 N–H and O–H groups in total. The van der Waals surface area contributed by atoms with Crippen molar-refractivity contribution in [3.8, 4) is 0 Å². The van der Waals surface area contributed by atoms with Crippen molar-refractivity contribution in [3.05, 3.63) is 39.9 Å². The summed E-state index contributed by atoms with van der Waals surface area (Å²) in [7, 11) is 0. The van der Waals surface area contributed by atoms with Crippen LogP contribution in [0.4, 0.5) is 10.5 Å². The molecule has 8 heteroatoms. The zero-order valence-electron chi connectivity index (χ0n) is 14.7. The molecule has 1 aromatic rings. The molecule has 1 saturated heterocycles. The Morgan fingerprint density at radius 2 is 1.84 bits per heavy atom. The van der Waals surface area contributed by atoms with Crippen LogP contribution in [-0.2, 0) is 4.79 Å². The highest BCUT2D eigenvalue weighted by molar-refractivity contribution is 6.07. The molecule has 25 heavy (non-hydrogen) atoms. The molecular formula is C17H23N3O5. The fraction of sp³-hybridized carbons (Fsp3) is 0.529. The Morgan fingerprint density at radius 3 is 2.32 bits per heavy atom. The second-order valence-corrected chi connectivity index (χ2v) is 6.89. The van der Waals surface area contributed by atoms with E-state index >= 15 is 0 Å². The topological polar surface area (TPSA) is 113 Å². The van der Waals surface area contributed by atoms with E-state index in [0.717, 1.165) is 4.90 Å². The minimum Gasteiger partial charge on any atom is -0.387 e. The summed E-state index contributed by atoms with van der Waals surface area (Å²) < 4.78 is 0. The summed E-state index contributed by atoms with van der Waals surface area (Å²) in [4.78, 5) is 36.5. The molecule has 136 valence electrons. The van der Waals surface area contributed by atoms with Crippen LogP contribution in [0.1, 0.15) is 39.4 Å². The lowest BCUT2D eigenvalue weighted by molar-refractivity contribution is -0.385. The number of rotatable bonds is 6. The first kappa shape index (κ1) is 18.9. The van der Waals surface area contributed by atoms with Crippen LogP contribution in [0.3, 0.4) is 0 Å². The molecule has 1 aromatic carbocycles. The molecule has 8 nitrogen and oxygen atoms in total. The summed E-state index contributed by atoms with van der Waals surface area (Å²) in [6, 6.07) is 4.97. The highest BCUT2D eigenvalue weighted by Crippen LogP contribution is 2.34. The van der Waals surface area contributed by atoms with Crippen LogP contribution in [0.15, 0.2) is 24.3 Å². The van der Waals surface area contributed by atoms with E-state index in [2.05, 4.69) is 5.32 Å². The van der Waals surface area contributed by atoms with Crippen molar-refractivity contribution in [1.82, 2.24) is 10.2 Å². The molecule has 1 aliphatic rings. The molecule has 0 radical (unpaired) electrons. The molecular weight excluding hydrogens is 326 g/mol. The van der Waals surface area contributed by atoms with Gasteiger partial charge in [-0.2, -0.15) is 0 Å². The summed E-state index contributed by atoms with van der Waals surface area (Å²) in [6.45, 7) is 7.18. The maximum absolute atomic E-state index is 12.9. The molecule has 0 unspecified atom stereocenters. The lowest BCUT2D eigenvalue weighted by atomic mass is 9.77. The van der Waals surface area contributed by atoms with Gasteiger partial charge in [-0.3, -0.25) is 19.8 Å². The second-order valence-electron chi connectivity index (χ2n) is 6.89. The highest BCUT2D eigenvalue weighted by Gasteiger charge is 2.55. The first-order valence-electron chi connectivity index (χ1n) is 8.17. The summed E-state index contributed by atoms with van der Waals surface area (Å²) in [5.74, 6) is -0.625. The maximum Gasteiger partial charge on any atom is 0.325 e. The predicted molar refractivity (Wildman–Crippen MR) is 90.7 cm³/mol. The highest BCUT2D eigenvalue weighted by atomic mass is 16.6. The third-order valence-electron chi connectivity index (χ3n) is 4.80. The van der Waals surface area contributed by atoms with Crippen LogP contribution in [0.2, 0.25) is 0 Å². The summed E-state index contributed by atoms with van der Waals surface area (Å²) in [6.07, 6.45) is -1.20. The molecule has 2 rings (SSSR count). The number of carbonyl (C=O) groups excluding carboxylic acids is 2. The lowest BCUT2D eigenvalue weighted by Gasteiger charge is -2.34. The minimum atomic E-state index is -1.20. The summed E-state index contributed by atoms with van der Waals surface area (Å²) in [5, 5.41) is 24.0. The van der Waals surface area contributed by atoms with Gasteiger partial charge in [-0.15, -0.1) is 0 Å². The van der Waals surface area contributed by atoms with Crippen LogP contribution in [0.25, 0.3) is 0 Å². The largest absolute Gasteiger partial charge is 0.387 e. The van der Waals surface area contributed by atoms with Gasteiger partial charge < -0.3 is 10.4 Å². The number of imide groups is 1.